The van der Waals surface area contributed by atoms with Gasteiger partial charge in [-0.15, -0.1) is 0 Å². The second-order valence-electron chi connectivity index (χ2n) is 5.49. The molecular weight excluding hydrogens is 308 g/mol. The summed E-state index contributed by atoms with van der Waals surface area (Å²) in [6, 6.07) is 5.21. The molecule has 7 heteroatoms. The largest absolute Gasteiger partial charge is 0.497 e. The summed E-state index contributed by atoms with van der Waals surface area (Å²) in [5.41, 5.74) is 0.924. The van der Waals surface area contributed by atoms with Gasteiger partial charge in [-0.1, -0.05) is 0 Å². The summed E-state index contributed by atoms with van der Waals surface area (Å²) in [5.74, 6) is 1.56. The highest BCUT2D eigenvalue weighted by atomic mass is 16.5. The summed E-state index contributed by atoms with van der Waals surface area (Å²) >= 11 is 0. The molecule has 1 aliphatic rings. The molecule has 0 saturated carbocycles. The fourth-order valence-electron chi connectivity index (χ4n) is 2.63. The summed E-state index contributed by atoms with van der Waals surface area (Å²) in [6.45, 7) is 1.93. The number of nitrogens with one attached hydrogen (secondary N) is 1. The Hall–Kier alpha value is -2.83. The van der Waals surface area contributed by atoms with Gasteiger partial charge in [0, 0.05) is 31.5 Å². The van der Waals surface area contributed by atoms with E-state index in [1.165, 1.54) is 0 Å². The van der Waals surface area contributed by atoms with Crippen LogP contribution in [0.25, 0.3) is 0 Å². The number of carbonyl (C=O) groups is 1. The molecule has 1 saturated heterocycles. The van der Waals surface area contributed by atoms with E-state index in [4.69, 9.17) is 9.47 Å². The van der Waals surface area contributed by atoms with E-state index in [1.807, 2.05) is 0 Å². The van der Waals surface area contributed by atoms with Crippen molar-refractivity contribution in [2.45, 2.75) is 12.8 Å². The van der Waals surface area contributed by atoms with Crippen LogP contribution in [0.15, 0.2) is 30.6 Å². The van der Waals surface area contributed by atoms with Crippen molar-refractivity contribution in [3.63, 3.8) is 0 Å². The topological polar surface area (TPSA) is 76.6 Å². The van der Waals surface area contributed by atoms with Crippen LogP contribution in [0.4, 0.5) is 11.6 Å². The van der Waals surface area contributed by atoms with E-state index in [0.717, 1.165) is 25.9 Å². The lowest BCUT2D eigenvalue weighted by molar-refractivity contribution is 0.102. The normalized spacial score (nSPS) is 13.7. The van der Waals surface area contributed by atoms with Gasteiger partial charge in [0.05, 0.1) is 25.5 Å². The third-order valence-electron chi connectivity index (χ3n) is 3.94. The minimum absolute atomic E-state index is 0.297. The lowest BCUT2D eigenvalue weighted by Gasteiger charge is -2.15. The fraction of sp³-hybridized carbons (Fsp3) is 0.353. The van der Waals surface area contributed by atoms with Crippen LogP contribution >= 0.6 is 0 Å². The maximum Gasteiger partial charge on any atom is 0.258 e. The minimum Gasteiger partial charge on any atom is -0.497 e. The minimum atomic E-state index is -0.297. The molecule has 2 aromatic rings. The molecule has 24 heavy (non-hydrogen) atoms. The third kappa shape index (κ3) is 3.40. The zero-order valence-electron chi connectivity index (χ0n) is 13.8. The maximum atomic E-state index is 12.4. The molecule has 0 atom stereocenters. The van der Waals surface area contributed by atoms with Crippen molar-refractivity contribution in [2.75, 3.05) is 37.5 Å². The van der Waals surface area contributed by atoms with Gasteiger partial charge in [0.25, 0.3) is 5.91 Å². The Balaban J connectivity index is 1.75. The number of ether oxygens (including phenoxy) is 2. The smallest absolute Gasteiger partial charge is 0.258 e. The van der Waals surface area contributed by atoms with Crippen LogP contribution in [-0.2, 0) is 0 Å². The zero-order chi connectivity index (χ0) is 16.9. The maximum absolute atomic E-state index is 12.4. The Kier molecular flexibility index (Phi) is 4.79. The van der Waals surface area contributed by atoms with Crippen molar-refractivity contribution in [2.24, 2.45) is 0 Å². The van der Waals surface area contributed by atoms with E-state index in [2.05, 4.69) is 20.2 Å². The number of hydrogen-bond acceptors (Lipinski definition) is 6. The van der Waals surface area contributed by atoms with Crippen LogP contribution in [0.5, 0.6) is 11.5 Å². The Morgan fingerprint density at radius 1 is 1.12 bits per heavy atom. The van der Waals surface area contributed by atoms with E-state index in [9.17, 15) is 4.79 Å². The summed E-state index contributed by atoms with van der Waals surface area (Å²) in [4.78, 5) is 23.1. The average molecular weight is 328 g/mol. The van der Waals surface area contributed by atoms with Crippen LogP contribution in [-0.4, -0.2) is 43.2 Å². The molecule has 126 valence electrons. The van der Waals surface area contributed by atoms with Crippen LogP contribution in [0.1, 0.15) is 23.2 Å². The number of hydrogen-bond donors (Lipinski definition) is 1. The summed E-state index contributed by atoms with van der Waals surface area (Å²) < 4.78 is 10.4. The Labute approximate surface area is 140 Å². The molecule has 1 aromatic heterocycles. The van der Waals surface area contributed by atoms with E-state index < -0.39 is 0 Å². The van der Waals surface area contributed by atoms with Crippen molar-refractivity contribution in [1.82, 2.24) is 9.97 Å². The molecule has 2 heterocycles. The Morgan fingerprint density at radius 3 is 2.46 bits per heavy atom. The highest BCUT2D eigenvalue weighted by Crippen LogP contribution is 2.29. The molecule has 0 radical (unpaired) electrons. The highest BCUT2D eigenvalue weighted by molar-refractivity contribution is 6.04. The van der Waals surface area contributed by atoms with E-state index in [0.29, 0.717) is 28.7 Å². The van der Waals surface area contributed by atoms with Crippen molar-refractivity contribution >= 4 is 17.5 Å². The molecule has 0 bridgehead atoms. The highest BCUT2D eigenvalue weighted by Gasteiger charge is 2.16. The zero-order valence-corrected chi connectivity index (χ0v) is 13.8. The first-order chi connectivity index (χ1) is 11.7. The van der Waals surface area contributed by atoms with Crippen molar-refractivity contribution in [3.05, 3.63) is 36.2 Å². The van der Waals surface area contributed by atoms with Crippen LogP contribution in [0.3, 0.4) is 0 Å². The van der Waals surface area contributed by atoms with E-state index in [-0.39, 0.29) is 5.91 Å². The fourth-order valence-corrected chi connectivity index (χ4v) is 2.63. The quantitative estimate of drug-likeness (QED) is 0.908. The number of nitrogens with zero attached hydrogens (tertiary/aromatic N) is 3. The predicted octanol–water partition coefficient (Wildman–Crippen LogP) is 2.35. The molecule has 1 N–H and O–H groups in total. The Bertz CT molecular complexity index is 712. The van der Waals surface area contributed by atoms with Gasteiger partial charge >= 0.3 is 0 Å². The van der Waals surface area contributed by atoms with Gasteiger partial charge in [-0.3, -0.25) is 4.79 Å². The number of methoxy groups -OCH3 is 2. The van der Waals surface area contributed by atoms with Crippen LogP contribution < -0.4 is 19.7 Å². The Morgan fingerprint density at radius 2 is 1.83 bits per heavy atom. The molecular formula is C17H20N4O3. The molecule has 1 aliphatic heterocycles. The van der Waals surface area contributed by atoms with Crippen molar-refractivity contribution < 1.29 is 14.3 Å². The predicted molar refractivity (Wildman–Crippen MR) is 91.0 cm³/mol. The van der Waals surface area contributed by atoms with Gasteiger partial charge in [-0.2, -0.15) is 0 Å². The first-order valence-corrected chi connectivity index (χ1v) is 7.81. The molecule has 7 nitrogen and oxygen atoms in total. The number of aromatic nitrogens is 2. The summed E-state index contributed by atoms with van der Waals surface area (Å²) in [6.07, 6.45) is 5.40. The van der Waals surface area contributed by atoms with E-state index in [1.54, 1.807) is 44.8 Å². The second kappa shape index (κ2) is 7.16. The molecule has 0 unspecified atom stereocenters. The number of anilines is 2. The number of carbonyl (C=O) groups excluding carboxylic acids is 1. The van der Waals surface area contributed by atoms with Gasteiger partial charge in [0.1, 0.15) is 11.5 Å². The molecule has 3 rings (SSSR count). The summed E-state index contributed by atoms with van der Waals surface area (Å²) in [7, 11) is 3.11. The van der Waals surface area contributed by atoms with Gasteiger partial charge in [0.2, 0.25) is 5.95 Å². The lowest BCUT2D eigenvalue weighted by Crippen LogP contribution is -2.21. The SMILES string of the molecule is COc1ccc(OC)c(NC(=O)c2cnc(N3CCCC3)nc2)c1. The number of benzene rings is 1. The van der Waals surface area contributed by atoms with Crippen LogP contribution in [0, 0.1) is 0 Å². The second-order valence-corrected chi connectivity index (χ2v) is 5.49. The third-order valence-corrected chi connectivity index (χ3v) is 3.94. The standard InChI is InChI=1S/C17H20N4O3/c1-23-13-5-6-15(24-2)14(9-13)20-16(22)12-10-18-17(19-11-12)21-7-3-4-8-21/h5-6,9-11H,3-4,7-8H2,1-2H3,(H,20,22). The van der Waals surface area contributed by atoms with Gasteiger partial charge in [-0.25, -0.2) is 9.97 Å². The van der Waals surface area contributed by atoms with Gasteiger partial charge in [-0.05, 0) is 25.0 Å². The van der Waals surface area contributed by atoms with Crippen molar-refractivity contribution in [1.29, 1.82) is 0 Å². The molecule has 0 spiro atoms. The molecule has 1 fully saturated rings. The average Bonchev–Trinajstić information content (AvgIpc) is 3.16. The molecule has 0 aliphatic carbocycles. The summed E-state index contributed by atoms with van der Waals surface area (Å²) in [5, 5.41) is 2.80. The first-order valence-electron chi connectivity index (χ1n) is 7.81. The monoisotopic (exact) mass is 328 g/mol. The molecule has 1 amide bonds. The van der Waals surface area contributed by atoms with Gasteiger partial charge in [0.15, 0.2) is 0 Å². The number of rotatable bonds is 5. The van der Waals surface area contributed by atoms with Crippen molar-refractivity contribution in [3.8, 4) is 11.5 Å². The van der Waals surface area contributed by atoms with Crippen LogP contribution in [0.2, 0.25) is 0 Å². The first kappa shape index (κ1) is 16.0. The lowest BCUT2D eigenvalue weighted by atomic mass is 10.2. The van der Waals surface area contributed by atoms with Gasteiger partial charge < -0.3 is 19.7 Å². The van der Waals surface area contributed by atoms with E-state index >= 15 is 0 Å². The number of amides is 1. The molecule has 1 aromatic carbocycles.